The molecule has 4 heteroatoms. The second kappa shape index (κ2) is 2.83. The average Bonchev–Trinajstić information content (AvgIpc) is 1.49. The van der Waals surface area contributed by atoms with Gasteiger partial charge in [-0.2, -0.15) is 0 Å². The van der Waals surface area contributed by atoms with Crippen LogP contribution in [0, 0.1) is 0 Å². The molecule has 0 amide bonds. The van der Waals surface area contributed by atoms with Gasteiger partial charge in [0.25, 0.3) is 0 Å². The van der Waals surface area contributed by atoms with Crippen molar-refractivity contribution in [2.24, 2.45) is 0 Å². The maximum absolute atomic E-state index is 6.23. The molecule has 0 saturated carbocycles. The lowest BCUT2D eigenvalue weighted by Crippen LogP contribution is -2.53. The third kappa shape index (κ3) is 2.85. The Morgan fingerprint density at radius 3 is 1.64 bits per heavy atom. The van der Waals surface area contributed by atoms with Gasteiger partial charge < -0.3 is 4.12 Å². The van der Waals surface area contributed by atoms with Gasteiger partial charge in [0.1, 0.15) is 0 Å². The Morgan fingerprint density at radius 1 is 1.00 bits per heavy atom. The molecular weight excluding hydrogens is 184 g/mol. The topological polar surface area (TPSA) is 9.23 Å². The molecule has 0 N–H and O–H groups in total. The highest BCUT2D eigenvalue weighted by molar-refractivity contribution is 7.00. The van der Waals surface area contributed by atoms with Gasteiger partial charge in [0.05, 0.1) is 0 Å². The van der Waals surface area contributed by atoms with Crippen LogP contribution in [0.3, 0.4) is 0 Å². The van der Waals surface area contributed by atoms with E-state index >= 15 is 0 Å². The molecule has 11 heavy (non-hydrogen) atoms. The first-order chi connectivity index (χ1) is 4.81. The Kier molecular flexibility index (Phi) is 2.49. The highest BCUT2D eigenvalue weighted by Crippen LogP contribution is 2.30. The largest absolute Gasteiger partial charge is 0.456 e. The summed E-state index contributed by atoms with van der Waals surface area (Å²) in [4.78, 5) is 0. The second-order valence-electron chi connectivity index (χ2n) is 4.93. The summed E-state index contributed by atoms with van der Waals surface area (Å²) in [7, 11) is -2.37. The predicted molar refractivity (Wildman–Crippen MR) is 57.3 cm³/mol. The standard InChI is InChI=1S/C7H19OSi3/c1-9-6-10(2,3)8-11(4,5)7-9/h6-7H2,1-5H3. The molecular formula is C7H19OSi3. The molecule has 1 fully saturated rings. The maximum atomic E-state index is 6.23. The summed E-state index contributed by atoms with van der Waals surface area (Å²) in [5, 5.41) is 0. The van der Waals surface area contributed by atoms with Crippen LogP contribution in [0.25, 0.3) is 0 Å². The van der Waals surface area contributed by atoms with Crippen LogP contribution < -0.4 is 0 Å². The second-order valence-corrected chi connectivity index (χ2v) is 17.5. The fourth-order valence-corrected chi connectivity index (χ4v) is 23.4. The predicted octanol–water partition coefficient (Wildman–Crippen LogP) is 2.63. The number of hydrogen-bond donors (Lipinski definition) is 0. The SMILES string of the molecule is C[Si]1C[Si](C)(C)O[Si](C)(C)C1. The molecule has 0 aromatic rings. The van der Waals surface area contributed by atoms with Gasteiger partial charge in [-0.1, -0.05) is 6.55 Å². The zero-order valence-electron chi connectivity index (χ0n) is 8.32. The zero-order chi connectivity index (χ0) is 8.70. The normalized spacial score (nSPS) is 30.3. The third-order valence-corrected chi connectivity index (χ3v) is 18.1. The van der Waals surface area contributed by atoms with E-state index in [0.29, 0.717) is 0 Å². The Labute approximate surface area is 74.0 Å². The lowest BCUT2D eigenvalue weighted by Gasteiger charge is -2.41. The van der Waals surface area contributed by atoms with Crippen molar-refractivity contribution in [3.63, 3.8) is 0 Å². The molecule has 0 aliphatic carbocycles. The molecule has 1 aliphatic heterocycles. The smallest absolute Gasteiger partial charge is 0.170 e. The fraction of sp³-hybridized carbons (Fsp3) is 1.00. The molecule has 0 unspecified atom stereocenters. The molecule has 65 valence electrons. The first kappa shape index (κ1) is 9.70. The minimum Gasteiger partial charge on any atom is -0.456 e. The van der Waals surface area contributed by atoms with Crippen LogP contribution in [-0.4, -0.2) is 25.4 Å². The average molecular weight is 203 g/mol. The molecule has 0 spiro atoms. The van der Waals surface area contributed by atoms with Gasteiger partial charge in [-0.05, 0) is 37.5 Å². The first-order valence-corrected chi connectivity index (χ1v) is 13.0. The Morgan fingerprint density at radius 2 is 1.36 bits per heavy atom. The summed E-state index contributed by atoms with van der Waals surface area (Å²) in [5.41, 5.74) is 2.93. The van der Waals surface area contributed by atoms with Gasteiger partial charge in [0.2, 0.25) is 0 Å². The minimum atomic E-state index is -1.18. The van der Waals surface area contributed by atoms with Crippen molar-refractivity contribution in [3.8, 4) is 0 Å². The van der Waals surface area contributed by atoms with Crippen LogP contribution >= 0.6 is 0 Å². The monoisotopic (exact) mass is 203 g/mol. The van der Waals surface area contributed by atoms with Gasteiger partial charge in [-0.25, -0.2) is 0 Å². The van der Waals surface area contributed by atoms with Crippen molar-refractivity contribution in [2.75, 3.05) is 0 Å². The van der Waals surface area contributed by atoms with Crippen molar-refractivity contribution in [1.29, 1.82) is 0 Å². The van der Waals surface area contributed by atoms with Crippen molar-refractivity contribution in [2.45, 2.75) is 44.1 Å². The van der Waals surface area contributed by atoms with E-state index in [9.17, 15) is 0 Å². The summed E-state index contributed by atoms with van der Waals surface area (Å²) in [6, 6.07) is 0. The molecule has 1 aliphatic rings. The molecule has 1 nitrogen and oxygen atoms in total. The summed E-state index contributed by atoms with van der Waals surface area (Å²) >= 11 is 0. The third-order valence-electron chi connectivity index (χ3n) is 2.01. The van der Waals surface area contributed by atoms with Crippen LogP contribution in [0.2, 0.25) is 44.1 Å². The molecule has 1 radical (unpaired) electrons. The molecule has 1 saturated heterocycles. The van der Waals surface area contributed by atoms with E-state index in [2.05, 4.69) is 32.7 Å². The fourth-order valence-electron chi connectivity index (χ4n) is 2.34. The summed E-state index contributed by atoms with van der Waals surface area (Å²) in [5.74, 6) is 0. The van der Waals surface area contributed by atoms with E-state index in [4.69, 9.17) is 4.12 Å². The molecule has 0 aromatic carbocycles. The van der Waals surface area contributed by atoms with Gasteiger partial charge in [-0.15, -0.1) is 0 Å². The van der Waals surface area contributed by atoms with E-state index in [1.165, 1.54) is 11.3 Å². The lowest BCUT2D eigenvalue weighted by atomic mass is 11.7. The Bertz CT molecular complexity index is 140. The highest BCUT2D eigenvalue weighted by atomic mass is 28.5. The maximum Gasteiger partial charge on any atom is 0.170 e. The van der Waals surface area contributed by atoms with Gasteiger partial charge in [0.15, 0.2) is 16.6 Å². The van der Waals surface area contributed by atoms with Gasteiger partial charge in [0, 0.05) is 8.80 Å². The first-order valence-electron chi connectivity index (χ1n) is 4.32. The van der Waals surface area contributed by atoms with Crippen LogP contribution in [0.15, 0.2) is 0 Å². The molecule has 1 heterocycles. The number of hydrogen-bond acceptors (Lipinski definition) is 1. The highest BCUT2D eigenvalue weighted by Gasteiger charge is 2.40. The van der Waals surface area contributed by atoms with Crippen molar-refractivity contribution in [1.82, 2.24) is 0 Å². The van der Waals surface area contributed by atoms with Gasteiger partial charge >= 0.3 is 0 Å². The van der Waals surface area contributed by atoms with Crippen LogP contribution in [-0.2, 0) is 4.12 Å². The van der Waals surface area contributed by atoms with E-state index in [1.54, 1.807) is 0 Å². The zero-order valence-corrected chi connectivity index (χ0v) is 11.3. The van der Waals surface area contributed by atoms with Crippen LogP contribution in [0.5, 0.6) is 0 Å². The van der Waals surface area contributed by atoms with E-state index in [0.717, 1.165) is 0 Å². The van der Waals surface area contributed by atoms with Gasteiger partial charge in [-0.3, -0.25) is 0 Å². The van der Waals surface area contributed by atoms with Crippen molar-refractivity contribution < 1.29 is 4.12 Å². The molecule has 0 bridgehead atoms. The number of rotatable bonds is 0. The van der Waals surface area contributed by atoms with E-state index in [-0.39, 0.29) is 8.80 Å². The lowest BCUT2D eigenvalue weighted by molar-refractivity contribution is 0.546. The van der Waals surface area contributed by atoms with Crippen molar-refractivity contribution >= 4 is 25.4 Å². The van der Waals surface area contributed by atoms with Crippen LogP contribution in [0.4, 0.5) is 0 Å². The van der Waals surface area contributed by atoms with Crippen molar-refractivity contribution in [3.05, 3.63) is 0 Å². The molecule has 0 aromatic heterocycles. The quantitative estimate of drug-likeness (QED) is 0.550. The minimum absolute atomic E-state index is 0.00759. The summed E-state index contributed by atoms with van der Waals surface area (Å²) in [6.07, 6.45) is 0. The van der Waals surface area contributed by atoms with E-state index in [1.807, 2.05) is 0 Å². The molecule has 0 atom stereocenters. The van der Waals surface area contributed by atoms with Crippen LogP contribution in [0.1, 0.15) is 0 Å². The Hall–Kier alpha value is 0.611. The summed E-state index contributed by atoms with van der Waals surface area (Å²) in [6.45, 7) is 12.0. The van der Waals surface area contributed by atoms with E-state index < -0.39 is 16.6 Å². The molecule has 1 rings (SSSR count). The Balaban J connectivity index is 2.66. The summed E-state index contributed by atoms with van der Waals surface area (Å²) < 4.78 is 6.23.